The van der Waals surface area contributed by atoms with Crippen LogP contribution in [0, 0.1) is 0 Å². The molecule has 1 amide bonds. The predicted octanol–water partition coefficient (Wildman–Crippen LogP) is 2.61. The van der Waals surface area contributed by atoms with Crippen molar-refractivity contribution in [3.63, 3.8) is 0 Å². The number of halogens is 2. The summed E-state index contributed by atoms with van der Waals surface area (Å²) in [5, 5.41) is 8.75. The molecule has 2 atom stereocenters. The highest BCUT2D eigenvalue weighted by atomic mass is 35.5. The Labute approximate surface area is 166 Å². The van der Waals surface area contributed by atoms with Crippen LogP contribution in [-0.4, -0.2) is 55.7 Å². The molecule has 0 radical (unpaired) electrons. The Balaban J connectivity index is 0.00000156. The van der Waals surface area contributed by atoms with E-state index < -0.39 is 0 Å². The monoisotopic (exact) mass is 409 g/mol. The fourth-order valence-electron chi connectivity index (χ4n) is 3.60. The van der Waals surface area contributed by atoms with Crippen molar-refractivity contribution in [2.75, 3.05) is 39.4 Å². The molecule has 8 heteroatoms. The van der Waals surface area contributed by atoms with Gasteiger partial charge in [-0.1, -0.05) is 13.0 Å². The third kappa shape index (κ3) is 5.31. The zero-order valence-corrected chi connectivity index (χ0v) is 17.1. The first kappa shape index (κ1) is 22.7. The molecule has 0 aliphatic carbocycles. The molecule has 2 unspecified atom stereocenters. The minimum atomic E-state index is -0.356. The third-order valence-corrected chi connectivity index (χ3v) is 6.07. The number of rotatable bonds is 6. The number of morpholine rings is 1. The molecule has 5 nitrogen and oxygen atoms in total. The lowest BCUT2D eigenvalue weighted by Gasteiger charge is -2.35. The van der Waals surface area contributed by atoms with Gasteiger partial charge >= 0.3 is 0 Å². The van der Waals surface area contributed by atoms with Crippen LogP contribution in [0.4, 0.5) is 0 Å². The van der Waals surface area contributed by atoms with Crippen molar-refractivity contribution < 1.29 is 9.53 Å². The lowest BCUT2D eigenvalue weighted by atomic mass is 9.93. The number of carbonyl (C=O) groups excluding carboxylic acids is 1. The van der Waals surface area contributed by atoms with Gasteiger partial charge in [-0.15, -0.1) is 36.2 Å². The Morgan fingerprint density at radius 2 is 2.20 bits per heavy atom. The average Bonchev–Trinajstić information content (AvgIpc) is 3.28. The highest BCUT2D eigenvalue weighted by molar-refractivity contribution is 7.10. The van der Waals surface area contributed by atoms with Gasteiger partial charge in [0.15, 0.2) is 0 Å². The minimum Gasteiger partial charge on any atom is -0.379 e. The Hall–Kier alpha value is -0.370. The van der Waals surface area contributed by atoms with E-state index in [4.69, 9.17) is 4.74 Å². The van der Waals surface area contributed by atoms with E-state index in [1.807, 2.05) is 0 Å². The molecule has 3 rings (SSSR count). The second-order valence-electron chi connectivity index (χ2n) is 6.36. The van der Waals surface area contributed by atoms with Gasteiger partial charge in [-0.3, -0.25) is 9.69 Å². The SMILES string of the molecule is CCC1(C(=O)NCC(c2cccs2)N2CCOCC2)CCCN1.Cl.Cl. The second kappa shape index (κ2) is 10.7. The number of carbonyl (C=O) groups is 1. The van der Waals surface area contributed by atoms with Gasteiger partial charge in [-0.25, -0.2) is 0 Å². The molecular weight excluding hydrogens is 381 g/mol. The van der Waals surface area contributed by atoms with E-state index in [2.05, 4.69) is 40.0 Å². The molecule has 1 aromatic rings. The summed E-state index contributed by atoms with van der Waals surface area (Å²) < 4.78 is 5.47. The highest BCUT2D eigenvalue weighted by Gasteiger charge is 2.39. The molecule has 0 aromatic carbocycles. The molecule has 2 aliphatic heterocycles. The van der Waals surface area contributed by atoms with Gasteiger partial charge in [0.1, 0.15) is 0 Å². The van der Waals surface area contributed by atoms with Crippen molar-refractivity contribution in [1.82, 2.24) is 15.5 Å². The largest absolute Gasteiger partial charge is 0.379 e. The normalized spacial score (nSPS) is 24.8. The van der Waals surface area contributed by atoms with Gasteiger partial charge in [0.25, 0.3) is 0 Å². The molecular formula is C17H29Cl2N3O2S. The maximum Gasteiger partial charge on any atom is 0.240 e. The molecule has 2 saturated heterocycles. The number of nitrogens with zero attached hydrogens (tertiary/aromatic N) is 1. The summed E-state index contributed by atoms with van der Waals surface area (Å²) in [6.45, 7) is 7.11. The Kier molecular flexibility index (Phi) is 9.70. The molecule has 0 bridgehead atoms. The summed E-state index contributed by atoms with van der Waals surface area (Å²) in [6, 6.07) is 4.50. The Morgan fingerprint density at radius 3 is 2.76 bits per heavy atom. The summed E-state index contributed by atoms with van der Waals surface area (Å²) >= 11 is 1.76. The number of amides is 1. The molecule has 144 valence electrons. The summed E-state index contributed by atoms with van der Waals surface area (Å²) in [5.41, 5.74) is -0.356. The number of ether oxygens (including phenoxy) is 1. The molecule has 2 fully saturated rings. The summed E-state index contributed by atoms with van der Waals surface area (Å²) in [5.74, 6) is 0.160. The number of nitrogens with one attached hydrogen (secondary N) is 2. The van der Waals surface area contributed by atoms with Gasteiger partial charge in [0.05, 0.1) is 24.8 Å². The smallest absolute Gasteiger partial charge is 0.240 e. The minimum absolute atomic E-state index is 0. The molecule has 2 aliphatic rings. The van der Waals surface area contributed by atoms with E-state index >= 15 is 0 Å². The van der Waals surface area contributed by atoms with E-state index in [1.165, 1.54) is 4.88 Å². The lowest BCUT2D eigenvalue weighted by Crippen LogP contribution is -2.54. The van der Waals surface area contributed by atoms with Crippen molar-refractivity contribution in [2.24, 2.45) is 0 Å². The van der Waals surface area contributed by atoms with Crippen LogP contribution in [0.1, 0.15) is 37.1 Å². The van der Waals surface area contributed by atoms with Gasteiger partial charge < -0.3 is 15.4 Å². The van der Waals surface area contributed by atoms with Crippen LogP contribution in [0.2, 0.25) is 0 Å². The molecule has 0 saturated carbocycles. The van der Waals surface area contributed by atoms with Gasteiger partial charge in [0, 0.05) is 24.5 Å². The number of hydrogen-bond donors (Lipinski definition) is 2. The van der Waals surface area contributed by atoms with Gasteiger partial charge in [0.2, 0.25) is 5.91 Å². The average molecular weight is 410 g/mol. The van der Waals surface area contributed by atoms with E-state index in [1.54, 1.807) is 11.3 Å². The van der Waals surface area contributed by atoms with Gasteiger partial charge in [-0.05, 0) is 37.3 Å². The predicted molar refractivity (Wildman–Crippen MR) is 107 cm³/mol. The van der Waals surface area contributed by atoms with Crippen molar-refractivity contribution >= 4 is 42.1 Å². The maximum atomic E-state index is 12.7. The number of hydrogen-bond acceptors (Lipinski definition) is 5. The molecule has 0 spiro atoms. The van der Waals surface area contributed by atoms with E-state index in [0.29, 0.717) is 6.54 Å². The quantitative estimate of drug-likeness (QED) is 0.757. The van der Waals surface area contributed by atoms with E-state index in [-0.39, 0.29) is 42.3 Å². The van der Waals surface area contributed by atoms with Crippen molar-refractivity contribution in [1.29, 1.82) is 0 Å². The lowest BCUT2D eigenvalue weighted by molar-refractivity contribution is -0.127. The van der Waals surface area contributed by atoms with Crippen LogP contribution in [0.3, 0.4) is 0 Å². The molecule has 2 N–H and O–H groups in total. The zero-order valence-electron chi connectivity index (χ0n) is 14.7. The summed E-state index contributed by atoms with van der Waals surface area (Å²) in [4.78, 5) is 16.5. The van der Waals surface area contributed by atoms with Crippen LogP contribution < -0.4 is 10.6 Å². The van der Waals surface area contributed by atoms with Crippen LogP contribution in [0.15, 0.2) is 17.5 Å². The van der Waals surface area contributed by atoms with Crippen molar-refractivity contribution in [3.05, 3.63) is 22.4 Å². The molecule has 1 aromatic heterocycles. The highest BCUT2D eigenvalue weighted by Crippen LogP contribution is 2.27. The maximum absolute atomic E-state index is 12.7. The standard InChI is InChI=1S/C17H27N3O2S.2ClH/c1-2-17(6-4-7-19-17)16(21)18-13-14(15-5-3-12-23-15)20-8-10-22-11-9-20;;/h3,5,12,14,19H,2,4,6-11,13H2,1H3,(H,18,21);2*1H. The third-order valence-electron chi connectivity index (χ3n) is 5.10. The van der Waals surface area contributed by atoms with E-state index in [0.717, 1.165) is 52.1 Å². The molecule has 25 heavy (non-hydrogen) atoms. The fraction of sp³-hybridized carbons (Fsp3) is 0.706. The first-order chi connectivity index (χ1) is 11.2. The van der Waals surface area contributed by atoms with Crippen LogP contribution in [-0.2, 0) is 9.53 Å². The van der Waals surface area contributed by atoms with Crippen LogP contribution in [0.25, 0.3) is 0 Å². The summed E-state index contributed by atoms with van der Waals surface area (Å²) in [7, 11) is 0. The second-order valence-corrected chi connectivity index (χ2v) is 7.33. The number of thiophene rings is 1. The van der Waals surface area contributed by atoms with Gasteiger partial charge in [-0.2, -0.15) is 0 Å². The summed E-state index contributed by atoms with van der Waals surface area (Å²) in [6.07, 6.45) is 2.87. The van der Waals surface area contributed by atoms with Crippen molar-refractivity contribution in [3.8, 4) is 0 Å². The van der Waals surface area contributed by atoms with Crippen molar-refractivity contribution in [2.45, 2.75) is 37.8 Å². The van der Waals surface area contributed by atoms with Crippen LogP contribution >= 0.6 is 36.2 Å². The Morgan fingerprint density at radius 1 is 1.44 bits per heavy atom. The zero-order chi connectivity index (χ0) is 16.1. The van der Waals surface area contributed by atoms with Crippen LogP contribution in [0.5, 0.6) is 0 Å². The van der Waals surface area contributed by atoms with E-state index in [9.17, 15) is 4.79 Å². The first-order valence-electron chi connectivity index (χ1n) is 8.64. The molecule has 3 heterocycles. The Bertz CT molecular complexity index is 504. The fourth-order valence-corrected chi connectivity index (χ4v) is 4.46. The topological polar surface area (TPSA) is 53.6 Å². The first-order valence-corrected chi connectivity index (χ1v) is 9.52.